The lowest BCUT2D eigenvalue weighted by Crippen LogP contribution is -2.18. The van der Waals surface area contributed by atoms with Crippen LogP contribution >= 0.6 is 0 Å². The summed E-state index contributed by atoms with van der Waals surface area (Å²) in [7, 11) is -3.02. The predicted octanol–water partition coefficient (Wildman–Crippen LogP) is 1.41. The van der Waals surface area contributed by atoms with Gasteiger partial charge in [0.25, 0.3) is 0 Å². The Kier molecular flexibility index (Phi) is 3.59. The van der Waals surface area contributed by atoms with Gasteiger partial charge < -0.3 is 10.5 Å². The Labute approximate surface area is 106 Å². The monoisotopic (exact) mass is 273 g/mol. The second kappa shape index (κ2) is 4.85. The molecular weight excluding hydrogens is 257 g/mol. The van der Waals surface area contributed by atoms with Gasteiger partial charge in [0.2, 0.25) is 0 Å². The molecule has 1 saturated heterocycles. The van der Waals surface area contributed by atoms with Crippen LogP contribution in [0.2, 0.25) is 0 Å². The molecule has 1 aromatic carbocycles. The first-order valence-electron chi connectivity index (χ1n) is 5.79. The molecule has 0 bridgehead atoms. The molecule has 1 aromatic rings. The molecule has 1 heterocycles. The highest BCUT2D eigenvalue weighted by Gasteiger charge is 2.29. The first-order chi connectivity index (χ1) is 8.37. The van der Waals surface area contributed by atoms with Crippen molar-refractivity contribution in [3.05, 3.63) is 29.6 Å². The third-order valence-corrected chi connectivity index (χ3v) is 4.70. The summed E-state index contributed by atoms with van der Waals surface area (Å²) in [6.07, 6.45) is -0.0396. The highest BCUT2D eigenvalue weighted by Crippen LogP contribution is 2.25. The van der Waals surface area contributed by atoms with Crippen LogP contribution in [0.1, 0.15) is 24.9 Å². The maximum Gasteiger partial charge on any atom is 0.165 e. The third-order valence-electron chi connectivity index (χ3n) is 2.97. The normalized spacial score (nSPS) is 23.8. The zero-order valence-corrected chi connectivity index (χ0v) is 10.9. The largest absolute Gasteiger partial charge is 0.486 e. The Morgan fingerprint density at radius 1 is 1.50 bits per heavy atom. The fourth-order valence-corrected chi connectivity index (χ4v) is 3.52. The lowest BCUT2D eigenvalue weighted by molar-refractivity contribution is 0.218. The summed E-state index contributed by atoms with van der Waals surface area (Å²) in [4.78, 5) is 0. The van der Waals surface area contributed by atoms with E-state index in [-0.39, 0.29) is 23.3 Å². The van der Waals surface area contributed by atoms with Crippen molar-refractivity contribution < 1.29 is 17.5 Å². The van der Waals surface area contributed by atoms with E-state index in [4.69, 9.17) is 10.5 Å². The maximum atomic E-state index is 13.7. The molecule has 0 amide bonds. The van der Waals surface area contributed by atoms with Crippen molar-refractivity contribution in [2.24, 2.45) is 5.73 Å². The van der Waals surface area contributed by atoms with E-state index in [0.29, 0.717) is 12.0 Å². The maximum absolute atomic E-state index is 13.7. The summed E-state index contributed by atoms with van der Waals surface area (Å²) in [6, 6.07) is 4.26. The van der Waals surface area contributed by atoms with Gasteiger partial charge >= 0.3 is 0 Å². The highest BCUT2D eigenvalue weighted by atomic mass is 32.2. The number of hydrogen-bond donors (Lipinski definition) is 1. The fraction of sp³-hybridized carbons (Fsp3) is 0.500. The molecule has 1 fully saturated rings. The summed E-state index contributed by atoms with van der Waals surface area (Å²) >= 11 is 0. The molecule has 2 atom stereocenters. The van der Waals surface area contributed by atoms with E-state index in [1.54, 1.807) is 13.0 Å². The zero-order valence-electron chi connectivity index (χ0n) is 10.1. The van der Waals surface area contributed by atoms with Gasteiger partial charge in [0, 0.05) is 6.04 Å². The van der Waals surface area contributed by atoms with Gasteiger partial charge in [-0.2, -0.15) is 0 Å². The zero-order chi connectivity index (χ0) is 13.3. The van der Waals surface area contributed by atoms with Gasteiger partial charge in [0.15, 0.2) is 21.4 Å². The summed E-state index contributed by atoms with van der Waals surface area (Å²) in [5.41, 5.74) is 6.32. The van der Waals surface area contributed by atoms with E-state index >= 15 is 0 Å². The highest BCUT2D eigenvalue weighted by molar-refractivity contribution is 7.91. The summed E-state index contributed by atoms with van der Waals surface area (Å²) in [6.45, 7) is 1.76. The van der Waals surface area contributed by atoms with Gasteiger partial charge in [-0.1, -0.05) is 6.07 Å². The smallest absolute Gasteiger partial charge is 0.165 e. The Bertz CT molecular complexity index is 542. The Morgan fingerprint density at radius 2 is 2.22 bits per heavy atom. The summed E-state index contributed by atoms with van der Waals surface area (Å²) < 4.78 is 41.6. The summed E-state index contributed by atoms with van der Waals surface area (Å²) in [5, 5.41) is 0. The number of ether oxygens (including phenoxy) is 1. The molecule has 0 aliphatic carbocycles. The quantitative estimate of drug-likeness (QED) is 0.904. The van der Waals surface area contributed by atoms with Gasteiger partial charge in [0.1, 0.15) is 6.10 Å². The topological polar surface area (TPSA) is 69.4 Å². The Balaban J connectivity index is 2.11. The molecule has 1 unspecified atom stereocenters. The van der Waals surface area contributed by atoms with Crippen LogP contribution in [0, 0.1) is 5.82 Å². The first-order valence-corrected chi connectivity index (χ1v) is 7.61. The minimum atomic E-state index is -3.02. The molecule has 6 heteroatoms. The summed E-state index contributed by atoms with van der Waals surface area (Å²) in [5.74, 6) is -0.353. The molecular formula is C12H16FNO3S. The SMILES string of the molecule is C[C@H](N)c1ccc(OC2CCS(=O)(=O)C2)c(F)c1. The molecule has 1 aliphatic rings. The molecule has 2 N–H and O–H groups in total. The van der Waals surface area contributed by atoms with Crippen LogP contribution in [0.15, 0.2) is 18.2 Å². The van der Waals surface area contributed by atoms with Crippen LogP contribution < -0.4 is 10.5 Å². The van der Waals surface area contributed by atoms with Gasteiger partial charge in [-0.25, -0.2) is 12.8 Å². The number of benzene rings is 1. The van der Waals surface area contributed by atoms with Gasteiger partial charge in [0.05, 0.1) is 11.5 Å². The van der Waals surface area contributed by atoms with E-state index in [1.807, 2.05) is 0 Å². The second-order valence-electron chi connectivity index (χ2n) is 4.62. The molecule has 0 radical (unpaired) electrons. The standard InChI is InChI=1S/C12H16FNO3S/c1-8(14)9-2-3-12(11(13)6-9)17-10-4-5-18(15,16)7-10/h2-3,6,8,10H,4-5,7,14H2,1H3/t8-,10?/m0/s1. The second-order valence-corrected chi connectivity index (χ2v) is 6.85. The van der Waals surface area contributed by atoms with Gasteiger partial charge in [-0.3, -0.25) is 0 Å². The van der Waals surface area contributed by atoms with E-state index in [2.05, 4.69) is 0 Å². The minimum absolute atomic E-state index is 0.0402. The number of halogens is 1. The van der Waals surface area contributed by atoms with E-state index < -0.39 is 21.8 Å². The van der Waals surface area contributed by atoms with Crippen molar-refractivity contribution >= 4 is 9.84 Å². The van der Waals surface area contributed by atoms with Crippen molar-refractivity contribution in [1.82, 2.24) is 0 Å². The lowest BCUT2D eigenvalue weighted by Gasteiger charge is -2.14. The van der Waals surface area contributed by atoms with Crippen molar-refractivity contribution in [3.8, 4) is 5.75 Å². The average Bonchev–Trinajstić information content (AvgIpc) is 2.61. The number of sulfone groups is 1. The van der Waals surface area contributed by atoms with E-state index in [9.17, 15) is 12.8 Å². The van der Waals surface area contributed by atoms with E-state index in [1.165, 1.54) is 12.1 Å². The number of rotatable bonds is 3. The Morgan fingerprint density at radius 3 is 2.72 bits per heavy atom. The first kappa shape index (κ1) is 13.3. The average molecular weight is 273 g/mol. The molecule has 100 valence electrons. The van der Waals surface area contributed by atoms with Gasteiger partial charge in [-0.15, -0.1) is 0 Å². The van der Waals surface area contributed by atoms with Crippen molar-refractivity contribution in [2.75, 3.05) is 11.5 Å². The van der Waals surface area contributed by atoms with Crippen LogP contribution in [0.5, 0.6) is 5.75 Å². The fourth-order valence-electron chi connectivity index (χ4n) is 1.93. The van der Waals surface area contributed by atoms with E-state index in [0.717, 1.165) is 0 Å². The number of hydrogen-bond acceptors (Lipinski definition) is 4. The van der Waals surface area contributed by atoms with Crippen LogP contribution in [-0.4, -0.2) is 26.0 Å². The minimum Gasteiger partial charge on any atom is -0.486 e. The number of nitrogens with two attached hydrogens (primary N) is 1. The van der Waals surface area contributed by atoms with Crippen LogP contribution in [0.25, 0.3) is 0 Å². The van der Waals surface area contributed by atoms with Crippen LogP contribution in [-0.2, 0) is 9.84 Å². The molecule has 0 saturated carbocycles. The van der Waals surface area contributed by atoms with Gasteiger partial charge in [-0.05, 0) is 31.0 Å². The van der Waals surface area contributed by atoms with Crippen molar-refractivity contribution in [3.63, 3.8) is 0 Å². The Hall–Kier alpha value is -1.14. The molecule has 0 spiro atoms. The van der Waals surface area contributed by atoms with Crippen molar-refractivity contribution in [1.29, 1.82) is 0 Å². The molecule has 18 heavy (non-hydrogen) atoms. The lowest BCUT2D eigenvalue weighted by atomic mass is 10.1. The predicted molar refractivity (Wildman–Crippen MR) is 66.7 cm³/mol. The van der Waals surface area contributed by atoms with Crippen molar-refractivity contribution in [2.45, 2.75) is 25.5 Å². The molecule has 0 aromatic heterocycles. The van der Waals surface area contributed by atoms with Crippen LogP contribution in [0.4, 0.5) is 4.39 Å². The molecule has 4 nitrogen and oxygen atoms in total. The molecule has 1 aliphatic heterocycles. The molecule has 2 rings (SSSR count). The van der Waals surface area contributed by atoms with Crippen LogP contribution in [0.3, 0.4) is 0 Å². The third kappa shape index (κ3) is 3.00.